The number of nitrogens with zero attached hydrogens (tertiary/aromatic N) is 1. The Morgan fingerprint density at radius 2 is 1.68 bits per heavy atom. The summed E-state index contributed by atoms with van der Waals surface area (Å²) in [6, 6.07) is 16.7. The third kappa shape index (κ3) is 7.23. The van der Waals surface area contributed by atoms with Crippen LogP contribution in [0.3, 0.4) is 0 Å². The number of aromatic nitrogens is 1. The van der Waals surface area contributed by atoms with Crippen molar-refractivity contribution in [3.8, 4) is 0 Å². The summed E-state index contributed by atoms with van der Waals surface area (Å²) in [5.41, 5.74) is 7.88. The SMILES string of the molecule is Nc1cccc(CCc2ccc(C(=O)NC[C@@H](NS(=O)(=O)c3ccc(I)cc3)C(=O)O)cc2)n1. The predicted molar refractivity (Wildman–Crippen MR) is 136 cm³/mol. The fourth-order valence-electron chi connectivity index (χ4n) is 3.08. The lowest BCUT2D eigenvalue weighted by atomic mass is 10.1. The number of aryl methyl sites for hydroxylation is 2. The van der Waals surface area contributed by atoms with Crippen LogP contribution in [0, 0.1) is 3.57 Å². The van der Waals surface area contributed by atoms with Gasteiger partial charge in [0.15, 0.2) is 0 Å². The molecule has 0 aliphatic carbocycles. The van der Waals surface area contributed by atoms with Gasteiger partial charge in [-0.15, -0.1) is 0 Å². The smallest absolute Gasteiger partial charge is 0.323 e. The molecule has 3 rings (SSSR count). The van der Waals surface area contributed by atoms with Crippen LogP contribution < -0.4 is 15.8 Å². The van der Waals surface area contributed by atoms with Gasteiger partial charge in [0, 0.05) is 21.4 Å². The molecule has 1 heterocycles. The van der Waals surface area contributed by atoms with Crippen LogP contribution in [0.2, 0.25) is 0 Å². The van der Waals surface area contributed by atoms with E-state index in [1.807, 2.05) is 34.7 Å². The Labute approximate surface area is 211 Å². The molecule has 34 heavy (non-hydrogen) atoms. The second-order valence-electron chi connectivity index (χ2n) is 7.43. The maximum absolute atomic E-state index is 12.5. The van der Waals surface area contributed by atoms with Gasteiger partial charge in [-0.1, -0.05) is 18.2 Å². The number of nitrogen functional groups attached to an aromatic ring is 1. The Bertz CT molecular complexity index is 1270. The maximum Gasteiger partial charge on any atom is 0.323 e. The third-order valence-corrected chi connectivity index (χ3v) is 7.11. The number of amides is 1. The first-order valence-corrected chi connectivity index (χ1v) is 12.8. The highest BCUT2D eigenvalue weighted by molar-refractivity contribution is 14.1. The van der Waals surface area contributed by atoms with Gasteiger partial charge in [-0.2, -0.15) is 4.72 Å². The Kier molecular flexibility index (Phi) is 8.58. The van der Waals surface area contributed by atoms with Crippen molar-refractivity contribution in [1.82, 2.24) is 15.0 Å². The minimum absolute atomic E-state index is 0.0607. The summed E-state index contributed by atoms with van der Waals surface area (Å²) < 4.78 is 27.9. The number of carboxylic acids is 1. The van der Waals surface area contributed by atoms with Crippen LogP contribution in [-0.2, 0) is 27.7 Å². The van der Waals surface area contributed by atoms with E-state index in [9.17, 15) is 23.1 Å². The number of hydrogen-bond acceptors (Lipinski definition) is 6. The topological polar surface area (TPSA) is 151 Å². The first kappa shape index (κ1) is 25.6. The van der Waals surface area contributed by atoms with E-state index in [2.05, 4.69) is 15.0 Å². The molecule has 0 unspecified atom stereocenters. The van der Waals surface area contributed by atoms with E-state index in [0.717, 1.165) is 14.8 Å². The molecule has 5 N–H and O–H groups in total. The van der Waals surface area contributed by atoms with Crippen molar-refractivity contribution in [1.29, 1.82) is 0 Å². The summed E-state index contributed by atoms with van der Waals surface area (Å²) in [5.74, 6) is -1.45. The van der Waals surface area contributed by atoms with E-state index < -0.39 is 34.5 Å². The quantitative estimate of drug-likeness (QED) is 0.263. The van der Waals surface area contributed by atoms with Gasteiger partial charge in [0.25, 0.3) is 5.91 Å². The Hall–Kier alpha value is -3.03. The number of hydrogen-bond donors (Lipinski definition) is 4. The number of halogens is 1. The van der Waals surface area contributed by atoms with Crippen LogP contribution in [0.5, 0.6) is 0 Å². The second kappa shape index (κ2) is 11.4. The van der Waals surface area contributed by atoms with Crippen LogP contribution in [0.25, 0.3) is 0 Å². The number of benzene rings is 2. The van der Waals surface area contributed by atoms with E-state index in [1.165, 1.54) is 12.1 Å². The Morgan fingerprint density at radius 1 is 1.00 bits per heavy atom. The van der Waals surface area contributed by atoms with Gasteiger partial charge >= 0.3 is 5.97 Å². The highest BCUT2D eigenvalue weighted by Gasteiger charge is 2.26. The van der Waals surface area contributed by atoms with Crippen molar-refractivity contribution in [3.63, 3.8) is 0 Å². The summed E-state index contributed by atoms with van der Waals surface area (Å²) in [7, 11) is -4.07. The van der Waals surface area contributed by atoms with Crippen molar-refractivity contribution in [2.24, 2.45) is 0 Å². The summed E-state index contributed by atoms with van der Waals surface area (Å²) in [4.78, 5) is 28.2. The lowest BCUT2D eigenvalue weighted by Gasteiger charge is -2.16. The Balaban J connectivity index is 1.57. The maximum atomic E-state index is 12.5. The number of carbonyl (C=O) groups excluding carboxylic acids is 1. The highest BCUT2D eigenvalue weighted by atomic mass is 127. The van der Waals surface area contributed by atoms with E-state index in [1.54, 1.807) is 42.5 Å². The fraction of sp³-hybridized carbons (Fsp3) is 0.174. The summed E-state index contributed by atoms with van der Waals surface area (Å²) >= 11 is 2.03. The molecule has 1 amide bonds. The van der Waals surface area contributed by atoms with Crippen molar-refractivity contribution < 1.29 is 23.1 Å². The van der Waals surface area contributed by atoms with Gasteiger partial charge in [0.2, 0.25) is 10.0 Å². The number of carbonyl (C=O) groups is 2. The fourth-order valence-corrected chi connectivity index (χ4v) is 4.63. The van der Waals surface area contributed by atoms with Gasteiger partial charge in [-0.05, 0) is 89.5 Å². The molecule has 1 atom stereocenters. The molecule has 0 radical (unpaired) electrons. The monoisotopic (exact) mass is 594 g/mol. The number of pyridine rings is 1. The Morgan fingerprint density at radius 3 is 2.29 bits per heavy atom. The van der Waals surface area contributed by atoms with Crippen molar-refractivity contribution in [2.45, 2.75) is 23.8 Å². The summed E-state index contributed by atoms with van der Waals surface area (Å²) in [5, 5.41) is 11.9. The van der Waals surface area contributed by atoms with Crippen molar-refractivity contribution >= 4 is 50.3 Å². The molecule has 2 aromatic carbocycles. The summed E-state index contributed by atoms with van der Waals surface area (Å²) in [6.45, 7) is -0.416. The van der Waals surface area contributed by atoms with Gasteiger partial charge in [0.1, 0.15) is 11.9 Å². The molecule has 0 aliphatic rings. The molecule has 11 heteroatoms. The molecule has 0 fully saturated rings. The average Bonchev–Trinajstić information content (AvgIpc) is 2.80. The normalized spacial score (nSPS) is 12.1. The molecular weight excluding hydrogens is 571 g/mol. The standard InChI is InChI=1S/C23H23IN4O5S/c24-17-9-12-19(13-10-17)34(32,33)28-20(23(30)31)14-26-22(29)16-7-4-15(5-8-16)6-11-18-2-1-3-21(25)27-18/h1-5,7-10,12-13,20,28H,6,11,14H2,(H2,25,27)(H,26,29)(H,30,31)/t20-/m1/s1. The van der Waals surface area contributed by atoms with Crippen LogP contribution >= 0.6 is 22.6 Å². The number of rotatable bonds is 10. The second-order valence-corrected chi connectivity index (χ2v) is 10.4. The molecule has 178 valence electrons. The zero-order valence-electron chi connectivity index (χ0n) is 17.9. The van der Waals surface area contributed by atoms with Gasteiger partial charge in [-0.25, -0.2) is 13.4 Å². The zero-order chi connectivity index (χ0) is 24.7. The van der Waals surface area contributed by atoms with Crippen LogP contribution in [0.4, 0.5) is 5.82 Å². The largest absolute Gasteiger partial charge is 0.480 e. The molecule has 9 nitrogen and oxygen atoms in total. The van der Waals surface area contributed by atoms with Gasteiger partial charge in [-0.3, -0.25) is 9.59 Å². The molecule has 0 spiro atoms. The number of sulfonamides is 1. The minimum Gasteiger partial charge on any atom is -0.480 e. The first-order valence-electron chi connectivity index (χ1n) is 10.2. The third-order valence-electron chi connectivity index (χ3n) is 4.90. The lowest BCUT2D eigenvalue weighted by Crippen LogP contribution is -2.48. The predicted octanol–water partition coefficient (Wildman–Crippen LogP) is 2.22. The highest BCUT2D eigenvalue weighted by Crippen LogP contribution is 2.13. The number of nitrogens with two attached hydrogens (primary N) is 1. The van der Waals surface area contributed by atoms with Crippen LogP contribution in [0.15, 0.2) is 71.6 Å². The molecular formula is C23H23IN4O5S. The molecule has 1 aromatic heterocycles. The van der Waals surface area contributed by atoms with Gasteiger partial charge in [0.05, 0.1) is 4.90 Å². The van der Waals surface area contributed by atoms with Gasteiger partial charge < -0.3 is 16.2 Å². The molecule has 3 aromatic rings. The number of aliphatic carboxylic acids is 1. The summed E-state index contributed by atoms with van der Waals surface area (Å²) in [6.07, 6.45) is 1.40. The zero-order valence-corrected chi connectivity index (χ0v) is 20.9. The number of anilines is 1. The molecule has 0 saturated heterocycles. The lowest BCUT2D eigenvalue weighted by molar-refractivity contribution is -0.138. The molecule has 0 aliphatic heterocycles. The average molecular weight is 594 g/mol. The van der Waals surface area contributed by atoms with Crippen molar-refractivity contribution in [3.05, 3.63) is 87.1 Å². The minimum atomic E-state index is -4.07. The van der Waals surface area contributed by atoms with Crippen LogP contribution in [-0.4, -0.2) is 43.0 Å². The van der Waals surface area contributed by atoms with E-state index >= 15 is 0 Å². The molecule has 0 saturated carbocycles. The van der Waals surface area contributed by atoms with Crippen LogP contribution in [0.1, 0.15) is 21.6 Å². The van der Waals surface area contributed by atoms with E-state index in [0.29, 0.717) is 24.2 Å². The molecule has 0 bridgehead atoms. The van der Waals surface area contributed by atoms with E-state index in [4.69, 9.17) is 5.73 Å². The first-order chi connectivity index (χ1) is 16.1. The number of nitrogens with one attached hydrogen (secondary N) is 2. The number of carboxylic acid groups (broad SMARTS) is 1. The van der Waals surface area contributed by atoms with Crippen molar-refractivity contribution in [2.75, 3.05) is 12.3 Å². The van der Waals surface area contributed by atoms with E-state index in [-0.39, 0.29) is 4.90 Å².